The lowest BCUT2D eigenvalue weighted by Crippen LogP contribution is -2.45. The Labute approximate surface area is 155 Å². The van der Waals surface area contributed by atoms with E-state index in [-0.39, 0.29) is 35.2 Å². The van der Waals surface area contributed by atoms with E-state index >= 15 is 0 Å². The zero-order chi connectivity index (χ0) is 18.5. The van der Waals surface area contributed by atoms with Gasteiger partial charge in [0, 0.05) is 13.0 Å². The molecule has 2 aliphatic heterocycles. The molecule has 0 radical (unpaired) electrons. The van der Waals surface area contributed by atoms with Crippen LogP contribution in [0.25, 0.3) is 0 Å². The number of fused-ring (bicyclic) bond motifs is 1. The Hall–Kier alpha value is -1.96. The third-order valence-electron chi connectivity index (χ3n) is 4.81. The Morgan fingerprint density at radius 3 is 2.73 bits per heavy atom. The molecule has 0 unspecified atom stereocenters. The summed E-state index contributed by atoms with van der Waals surface area (Å²) in [5.74, 6) is -0.259. The van der Waals surface area contributed by atoms with Gasteiger partial charge in [0.05, 0.1) is 28.4 Å². The number of benzene rings is 2. The molecule has 0 amide bonds. The van der Waals surface area contributed by atoms with Crippen LogP contribution in [0.4, 0.5) is 4.39 Å². The van der Waals surface area contributed by atoms with Gasteiger partial charge in [-0.25, -0.2) is 12.8 Å². The van der Waals surface area contributed by atoms with Crippen molar-refractivity contribution in [3.8, 4) is 5.75 Å². The molecular formula is C18H15ClFNO4S. The van der Waals surface area contributed by atoms with Crippen LogP contribution in [0.15, 0.2) is 47.4 Å². The minimum Gasteiger partial charge on any atom is -0.485 e. The quantitative estimate of drug-likeness (QED) is 0.782. The molecule has 0 bridgehead atoms. The minimum absolute atomic E-state index is 0.0593. The molecular weight excluding hydrogens is 381 g/mol. The number of halogens is 2. The summed E-state index contributed by atoms with van der Waals surface area (Å²) in [5, 5.41) is -0.252. The maximum Gasteiger partial charge on any atom is 0.243 e. The van der Waals surface area contributed by atoms with E-state index in [1.54, 1.807) is 24.3 Å². The molecule has 1 fully saturated rings. The molecule has 2 aromatic rings. The molecule has 26 heavy (non-hydrogen) atoms. The van der Waals surface area contributed by atoms with Crippen LogP contribution in [-0.4, -0.2) is 37.2 Å². The lowest BCUT2D eigenvalue weighted by atomic mass is 9.89. The second-order valence-corrected chi connectivity index (χ2v) is 8.89. The predicted molar refractivity (Wildman–Crippen MR) is 93.5 cm³/mol. The molecule has 1 atom stereocenters. The van der Waals surface area contributed by atoms with E-state index in [0.29, 0.717) is 17.7 Å². The summed E-state index contributed by atoms with van der Waals surface area (Å²) in [5.41, 5.74) is -0.354. The number of sulfonamides is 1. The summed E-state index contributed by atoms with van der Waals surface area (Å²) < 4.78 is 46.4. The van der Waals surface area contributed by atoms with E-state index in [4.69, 9.17) is 16.3 Å². The number of para-hydroxylation sites is 1. The van der Waals surface area contributed by atoms with Gasteiger partial charge in [0.15, 0.2) is 5.78 Å². The Morgan fingerprint density at radius 2 is 1.96 bits per heavy atom. The third-order valence-corrected chi connectivity index (χ3v) is 6.94. The lowest BCUT2D eigenvalue weighted by Gasteiger charge is -2.34. The minimum atomic E-state index is -3.86. The Bertz CT molecular complexity index is 1010. The standard InChI is InChI=1S/C18H15ClFNO4S/c19-14-9-12(5-6-15(14)20)26(23,24)21-8-7-18(11-21)10-16(22)13-3-1-2-4-17(13)25-18/h1-6,9H,7-8,10-11H2/t18-/m0/s1. The number of Topliss-reactive ketones (excluding diaryl/α,β-unsaturated/α-hetero) is 1. The maximum atomic E-state index is 13.3. The van der Waals surface area contributed by atoms with Gasteiger partial charge in [0.2, 0.25) is 10.0 Å². The van der Waals surface area contributed by atoms with E-state index in [1.807, 2.05) is 0 Å². The van der Waals surface area contributed by atoms with Crippen molar-refractivity contribution in [1.29, 1.82) is 0 Å². The van der Waals surface area contributed by atoms with Crippen molar-refractivity contribution in [2.75, 3.05) is 13.1 Å². The van der Waals surface area contributed by atoms with Gasteiger partial charge in [-0.2, -0.15) is 4.31 Å². The summed E-state index contributed by atoms with van der Waals surface area (Å²) in [6.45, 7) is 0.275. The van der Waals surface area contributed by atoms with Gasteiger partial charge in [-0.1, -0.05) is 23.7 Å². The topological polar surface area (TPSA) is 63.7 Å². The van der Waals surface area contributed by atoms with Gasteiger partial charge < -0.3 is 4.74 Å². The molecule has 5 nitrogen and oxygen atoms in total. The number of hydrogen-bond donors (Lipinski definition) is 0. The van der Waals surface area contributed by atoms with Crippen molar-refractivity contribution < 1.29 is 22.3 Å². The number of ketones is 1. The summed E-state index contributed by atoms with van der Waals surface area (Å²) in [7, 11) is -3.86. The van der Waals surface area contributed by atoms with Crippen LogP contribution < -0.4 is 4.74 Å². The van der Waals surface area contributed by atoms with Crippen molar-refractivity contribution in [3.63, 3.8) is 0 Å². The van der Waals surface area contributed by atoms with Crippen LogP contribution in [0, 0.1) is 5.82 Å². The molecule has 0 aromatic heterocycles. The maximum absolute atomic E-state index is 13.3. The van der Waals surface area contributed by atoms with E-state index in [9.17, 15) is 17.6 Å². The van der Waals surface area contributed by atoms with E-state index < -0.39 is 21.4 Å². The Balaban J connectivity index is 1.62. The number of carbonyl (C=O) groups excluding carboxylic acids is 1. The Morgan fingerprint density at radius 1 is 1.19 bits per heavy atom. The van der Waals surface area contributed by atoms with E-state index in [2.05, 4.69) is 0 Å². The predicted octanol–water partition coefficient (Wildman–Crippen LogP) is 3.28. The first-order valence-electron chi connectivity index (χ1n) is 8.07. The van der Waals surface area contributed by atoms with Crippen LogP contribution >= 0.6 is 11.6 Å². The third kappa shape index (κ3) is 2.80. The average Bonchev–Trinajstić information content (AvgIpc) is 3.01. The largest absolute Gasteiger partial charge is 0.485 e. The van der Waals surface area contributed by atoms with Crippen molar-refractivity contribution in [2.45, 2.75) is 23.3 Å². The first kappa shape index (κ1) is 17.5. The molecule has 4 rings (SSSR count). The number of hydrogen-bond acceptors (Lipinski definition) is 4. The molecule has 8 heteroatoms. The van der Waals surface area contributed by atoms with E-state index in [0.717, 1.165) is 12.1 Å². The van der Waals surface area contributed by atoms with Gasteiger partial charge in [-0.15, -0.1) is 0 Å². The molecule has 2 aromatic carbocycles. The van der Waals surface area contributed by atoms with Crippen molar-refractivity contribution >= 4 is 27.4 Å². The summed E-state index contributed by atoms with van der Waals surface area (Å²) in [4.78, 5) is 12.4. The summed E-state index contributed by atoms with van der Waals surface area (Å²) in [6, 6.07) is 10.3. The highest BCUT2D eigenvalue weighted by Crippen LogP contribution is 2.40. The van der Waals surface area contributed by atoms with Crippen LogP contribution in [-0.2, 0) is 10.0 Å². The normalized spacial score (nSPS) is 23.1. The van der Waals surface area contributed by atoms with Crippen molar-refractivity contribution in [3.05, 3.63) is 58.9 Å². The number of rotatable bonds is 2. The molecule has 0 saturated carbocycles. The molecule has 1 saturated heterocycles. The Kier molecular flexibility index (Phi) is 4.06. The zero-order valence-electron chi connectivity index (χ0n) is 13.6. The smallest absolute Gasteiger partial charge is 0.243 e. The first-order chi connectivity index (χ1) is 12.3. The van der Waals surface area contributed by atoms with Crippen LogP contribution in [0.1, 0.15) is 23.2 Å². The van der Waals surface area contributed by atoms with Crippen molar-refractivity contribution in [2.24, 2.45) is 0 Å². The van der Waals surface area contributed by atoms with Gasteiger partial charge in [-0.05, 0) is 30.3 Å². The molecule has 2 aliphatic rings. The van der Waals surface area contributed by atoms with Crippen LogP contribution in [0.2, 0.25) is 5.02 Å². The zero-order valence-corrected chi connectivity index (χ0v) is 15.2. The van der Waals surface area contributed by atoms with Gasteiger partial charge >= 0.3 is 0 Å². The average molecular weight is 396 g/mol. The van der Waals surface area contributed by atoms with Crippen molar-refractivity contribution in [1.82, 2.24) is 4.31 Å². The highest BCUT2D eigenvalue weighted by atomic mass is 35.5. The van der Waals surface area contributed by atoms with Gasteiger partial charge in [0.1, 0.15) is 17.2 Å². The van der Waals surface area contributed by atoms with Gasteiger partial charge in [0.25, 0.3) is 0 Å². The molecule has 0 N–H and O–H groups in total. The fourth-order valence-electron chi connectivity index (χ4n) is 3.47. The summed E-state index contributed by atoms with van der Waals surface area (Å²) >= 11 is 5.72. The highest BCUT2D eigenvalue weighted by Gasteiger charge is 2.48. The highest BCUT2D eigenvalue weighted by molar-refractivity contribution is 7.89. The molecule has 0 aliphatic carbocycles. The number of ether oxygens (including phenoxy) is 1. The van der Waals surface area contributed by atoms with Gasteiger partial charge in [-0.3, -0.25) is 4.79 Å². The fraction of sp³-hybridized carbons (Fsp3) is 0.278. The van der Waals surface area contributed by atoms with Crippen LogP contribution in [0.3, 0.4) is 0 Å². The monoisotopic (exact) mass is 395 g/mol. The fourth-order valence-corrected chi connectivity index (χ4v) is 5.26. The second-order valence-electron chi connectivity index (χ2n) is 6.55. The molecule has 2 heterocycles. The SMILES string of the molecule is O=C1C[C@]2(CCN(S(=O)(=O)c3ccc(F)c(Cl)c3)C2)Oc2ccccc21. The van der Waals surface area contributed by atoms with Crippen LogP contribution in [0.5, 0.6) is 5.75 Å². The number of carbonyl (C=O) groups is 1. The first-order valence-corrected chi connectivity index (χ1v) is 9.89. The number of nitrogens with zero attached hydrogens (tertiary/aromatic N) is 1. The summed E-state index contributed by atoms with van der Waals surface area (Å²) in [6.07, 6.45) is 0.529. The molecule has 136 valence electrons. The molecule has 1 spiro atoms. The van der Waals surface area contributed by atoms with E-state index in [1.165, 1.54) is 10.4 Å². The second kappa shape index (κ2) is 6.04. The lowest BCUT2D eigenvalue weighted by molar-refractivity contribution is 0.0498.